The molecule has 0 saturated heterocycles. The third-order valence-electron chi connectivity index (χ3n) is 8.06. The lowest BCUT2D eigenvalue weighted by Gasteiger charge is -2.07. The van der Waals surface area contributed by atoms with E-state index >= 15 is 0 Å². The number of oxazole rings is 2. The minimum absolute atomic E-state index is 0.00628. The molecule has 0 spiro atoms. The molecule has 280 valence electrons. The molecule has 4 aromatic heterocycles. The second-order valence-corrected chi connectivity index (χ2v) is 14.2. The lowest BCUT2D eigenvalue weighted by molar-refractivity contribution is 0.0688. The Bertz CT molecular complexity index is 2720. The van der Waals surface area contributed by atoms with Crippen LogP contribution in [0.5, 0.6) is 5.75 Å². The summed E-state index contributed by atoms with van der Waals surface area (Å²) in [4.78, 5) is 57.0. The molecule has 0 fully saturated rings. The van der Waals surface area contributed by atoms with Crippen LogP contribution in [0.4, 0.5) is 10.0 Å². The number of rotatable bonds is 9. The van der Waals surface area contributed by atoms with Gasteiger partial charge in [-0.15, -0.1) is 22.7 Å². The SMILES string of the molecule is COc1cc(-c2csc(NC(=O)c3nc4ccccc4o3)c2C(=O)O)ccc1Cl.O=C(Nc1scc(-c2ccc(Cl)cc2)c1C(=O)O)c1nc2ccccc2o1. The Balaban J connectivity index is 0.000000172. The van der Waals surface area contributed by atoms with Crippen LogP contribution in [0.3, 0.4) is 0 Å². The number of hydrogen-bond acceptors (Lipinski definition) is 11. The Kier molecular flexibility index (Phi) is 10.8. The Morgan fingerprint density at radius 3 is 1.59 bits per heavy atom. The number of hydrogen-bond donors (Lipinski definition) is 4. The van der Waals surface area contributed by atoms with Gasteiger partial charge in [0.2, 0.25) is 0 Å². The van der Waals surface area contributed by atoms with Crippen LogP contribution in [0.1, 0.15) is 42.1 Å². The van der Waals surface area contributed by atoms with E-state index in [4.69, 9.17) is 36.8 Å². The van der Waals surface area contributed by atoms with E-state index in [1.54, 1.807) is 102 Å². The minimum atomic E-state index is -1.18. The highest BCUT2D eigenvalue weighted by atomic mass is 35.5. The fraction of sp³-hybridized carbons (Fsp3) is 0.0256. The number of benzene rings is 4. The summed E-state index contributed by atoms with van der Waals surface area (Å²) in [6.07, 6.45) is 0. The fourth-order valence-corrected chi connectivity index (χ4v) is 7.69. The maximum atomic E-state index is 12.6. The van der Waals surface area contributed by atoms with Crippen LogP contribution in [-0.4, -0.2) is 51.0 Å². The van der Waals surface area contributed by atoms with Gasteiger partial charge in [-0.1, -0.05) is 65.7 Å². The van der Waals surface area contributed by atoms with Crippen LogP contribution in [0.2, 0.25) is 10.0 Å². The third kappa shape index (κ3) is 7.83. The Morgan fingerprint density at radius 2 is 1.12 bits per heavy atom. The molecule has 2 amide bonds. The van der Waals surface area contributed by atoms with Gasteiger partial charge in [0.05, 0.1) is 12.1 Å². The molecule has 56 heavy (non-hydrogen) atoms. The number of methoxy groups -OCH3 is 1. The molecule has 0 bridgehead atoms. The average Bonchev–Trinajstić information content (AvgIpc) is 4.00. The molecule has 8 rings (SSSR count). The van der Waals surface area contributed by atoms with E-state index in [1.165, 1.54) is 7.11 Å². The predicted octanol–water partition coefficient (Wildman–Crippen LogP) is 10.3. The number of carboxylic acid groups (broad SMARTS) is 2. The maximum absolute atomic E-state index is 12.6. The van der Waals surface area contributed by atoms with Gasteiger partial charge in [0.1, 0.15) is 37.9 Å². The first-order valence-electron chi connectivity index (χ1n) is 16.1. The van der Waals surface area contributed by atoms with E-state index in [1.807, 2.05) is 0 Å². The normalized spacial score (nSPS) is 10.8. The number of halogens is 2. The van der Waals surface area contributed by atoms with Crippen LogP contribution in [0.25, 0.3) is 44.5 Å². The van der Waals surface area contributed by atoms with Crippen molar-refractivity contribution in [1.82, 2.24) is 9.97 Å². The third-order valence-corrected chi connectivity index (χ3v) is 10.4. The zero-order valence-corrected chi connectivity index (χ0v) is 31.7. The van der Waals surface area contributed by atoms with Gasteiger partial charge in [-0.2, -0.15) is 0 Å². The molecule has 4 heterocycles. The zero-order chi connectivity index (χ0) is 39.5. The largest absolute Gasteiger partial charge is 0.495 e. The number of carbonyl (C=O) groups is 4. The summed E-state index contributed by atoms with van der Waals surface area (Å²) in [6.45, 7) is 0. The van der Waals surface area contributed by atoms with Crippen molar-refractivity contribution in [2.45, 2.75) is 0 Å². The standard InChI is InChI=1S/C20H13ClN2O5S.C19H11ClN2O4S/c1-27-15-8-10(6-7-12(15)21)11-9-29-19(16(11)20(25)26)23-17(24)18-22-13-4-2-3-5-14(13)28-18;20-11-7-5-10(6-8-11)12-9-27-18(15(12)19(24)25)22-16(23)17-21-13-3-1-2-4-14(13)26-17/h2-9H,1H3,(H,23,24)(H,25,26);1-9H,(H,22,23)(H,24,25). The van der Waals surface area contributed by atoms with Crippen LogP contribution >= 0.6 is 45.9 Å². The topological polar surface area (TPSA) is 194 Å². The summed E-state index contributed by atoms with van der Waals surface area (Å²) in [5.41, 5.74) is 4.23. The van der Waals surface area contributed by atoms with E-state index in [0.717, 1.165) is 22.7 Å². The number of thiophene rings is 2. The summed E-state index contributed by atoms with van der Waals surface area (Å²) < 4.78 is 16.1. The van der Waals surface area contributed by atoms with E-state index < -0.39 is 23.8 Å². The van der Waals surface area contributed by atoms with Gasteiger partial charge in [0, 0.05) is 26.9 Å². The number of nitrogens with zero attached hydrogens (tertiary/aromatic N) is 2. The Labute approximate surface area is 333 Å². The quantitative estimate of drug-likeness (QED) is 0.108. The van der Waals surface area contributed by atoms with Gasteiger partial charge in [-0.25, -0.2) is 19.6 Å². The number of para-hydroxylation sites is 4. The van der Waals surface area contributed by atoms with Crippen molar-refractivity contribution in [3.05, 3.63) is 135 Å². The second-order valence-electron chi connectivity index (χ2n) is 11.6. The molecular formula is C39H24Cl2N4O9S2. The molecule has 0 aliphatic rings. The van der Waals surface area contributed by atoms with E-state index in [0.29, 0.717) is 60.2 Å². The van der Waals surface area contributed by atoms with Gasteiger partial charge in [0.25, 0.3) is 11.8 Å². The molecule has 8 aromatic rings. The van der Waals surface area contributed by atoms with Crippen LogP contribution in [0, 0.1) is 0 Å². The van der Waals surface area contributed by atoms with Crippen molar-refractivity contribution in [2.75, 3.05) is 17.7 Å². The van der Waals surface area contributed by atoms with Gasteiger partial charge in [-0.3, -0.25) is 9.59 Å². The number of aromatic nitrogens is 2. The summed E-state index contributed by atoms with van der Waals surface area (Å²) in [5.74, 6) is -3.43. The number of aromatic carboxylic acids is 2. The first-order valence-corrected chi connectivity index (χ1v) is 18.7. The van der Waals surface area contributed by atoms with Gasteiger partial charge in [-0.05, 0) is 59.7 Å². The molecule has 4 aromatic carbocycles. The number of anilines is 2. The molecule has 0 aliphatic heterocycles. The minimum Gasteiger partial charge on any atom is -0.495 e. The number of nitrogens with one attached hydrogen (secondary N) is 2. The smallest absolute Gasteiger partial charge is 0.339 e. The number of carbonyl (C=O) groups excluding carboxylic acids is 2. The van der Waals surface area contributed by atoms with Crippen molar-refractivity contribution in [3.8, 4) is 28.0 Å². The van der Waals surface area contributed by atoms with Crippen LogP contribution < -0.4 is 15.4 Å². The highest BCUT2D eigenvalue weighted by Gasteiger charge is 2.25. The van der Waals surface area contributed by atoms with Crippen molar-refractivity contribution in [3.63, 3.8) is 0 Å². The van der Waals surface area contributed by atoms with Gasteiger partial charge < -0.3 is 34.4 Å². The fourth-order valence-electron chi connectivity index (χ4n) is 5.46. The Morgan fingerprint density at radius 1 is 0.661 bits per heavy atom. The van der Waals surface area contributed by atoms with Crippen LogP contribution in [-0.2, 0) is 0 Å². The molecular weight excluding hydrogens is 803 g/mol. The number of amides is 2. The van der Waals surface area contributed by atoms with E-state index in [9.17, 15) is 29.4 Å². The average molecular weight is 828 g/mol. The van der Waals surface area contributed by atoms with E-state index in [-0.39, 0.29) is 32.9 Å². The van der Waals surface area contributed by atoms with Crippen LogP contribution in [0.15, 0.2) is 111 Å². The molecule has 13 nitrogen and oxygen atoms in total. The second kappa shape index (κ2) is 16.1. The molecule has 0 radical (unpaired) electrons. The maximum Gasteiger partial charge on any atom is 0.339 e. The predicted molar refractivity (Wildman–Crippen MR) is 214 cm³/mol. The molecule has 17 heteroatoms. The molecule has 4 N–H and O–H groups in total. The molecule has 0 atom stereocenters. The van der Waals surface area contributed by atoms with Gasteiger partial charge in [0.15, 0.2) is 11.2 Å². The summed E-state index contributed by atoms with van der Waals surface area (Å²) in [5, 5.41) is 29.2. The van der Waals surface area contributed by atoms with E-state index in [2.05, 4.69) is 20.6 Å². The van der Waals surface area contributed by atoms with Crippen molar-refractivity contribution in [1.29, 1.82) is 0 Å². The van der Waals surface area contributed by atoms with Crippen molar-refractivity contribution < 1.29 is 43.0 Å². The van der Waals surface area contributed by atoms with Crippen molar-refractivity contribution >= 4 is 102 Å². The molecule has 0 saturated carbocycles. The monoisotopic (exact) mass is 826 g/mol. The zero-order valence-electron chi connectivity index (χ0n) is 28.5. The van der Waals surface area contributed by atoms with Gasteiger partial charge >= 0.3 is 23.8 Å². The number of carboxylic acids is 2. The lowest BCUT2D eigenvalue weighted by atomic mass is 10.0. The molecule has 0 aliphatic carbocycles. The Hall–Kier alpha value is -6.52. The summed E-state index contributed by atoms with van der Waals surface area (Å²) >= 11 is 14.1. The molecule has 0 unspecified atom stereocenters. The highest BCUT2D eigenvalue weighted by molar-refractivity contribution is 7.15. The number of ether oxygens (including phenoxy) is 1. The number of fused-ring (bicyclic) bond motifs is 2. The van der Waals surface area contributed by atoms with Crippen molar-refractivity contribution in [2.24, 2.45) is 0 Å². The lowest BCUT2D eigenvalue weighted by Crippen LogP contribution is -2.13. The first kappa shape index (κ1) is 37.8. The summed E-state index contributed by atoms with van der Waals surface area (Å²) in [7, 11) is 1.47. The first-order chi connectivity index (χ1) is 27.0. The highest BCUT2D eigenvalue weighted by Crippen LogP contribution is 2.39. The summed E-state index contributed by atoms with van der Waals surface area (Å²) in [6, 6.07) is 25.7.